The van der Waals surface area contributed by atoms with Gasteiger partial charge in [-0.2, -0.15) is 5.10 Å². The Labute approximate surface area is 117 Å². The van der Waals surface area contributed by atoms with Gasteiger partial charge in [0.1, 0.15) is 0 Å². The molecule has 1 aromatic heterocycles. The van der Waals surface area contributed by atoms with Crippen LogP contribution in [0.25, 0.3) is 0 Å². The van der Waals surface area contributed by atoms with Crippen LogP contribution in [0.5, 0.6) is 0 Å². The molecule has 2 N–H and O–H groups in total. The van der Waals surface area contributed by atoms with Crippen molar-refractivity contribution >= 4 is 0 Å². The fourth-order valence-electron chi connectivity index (χ4n) is 2.79. The van der Waals surface area contributed by atoms with Crippen molar-refractivity contribution in [1.82, 2.24) is 14.7 Å². The Morgan fingerprint density at radius 3 is 2.84 bits per heavy atom. The summed E-state index contributed by atoms with van der Waals surface area (Å²) in [6.45, 7) is 4.02. The first-order valence-corrected chi connectivity index (χ1v) is 7.63. The Morgan fingerprint density at radius 1 is 1.42 bits per heavy atom. The predicted molar refractivity (Wildman–Crippen MR) is 78.9 cm³/mol. The highest BCUT2D eigenvalue weighted by atomic mass is 15.3. The van der Waals surface area contributed by atoms with Crippen LogP contribution in [0.4, 0.5) is 0 Å². The molecule has 1 fully saturated rings. The molecule has 4 heteroatoms. The summed E-state index contributed by atoms with van der Waals surface area (Å²) in [6.07, 6.45) is 9.89. The highest BCUT2D eigenvalue weighted by Gasteiger charge is 2.16. The van der Waals surface area contributed by atoms with Crippen molar-refractivity contribution in [3.63, 3.8) is 0 Å². The molecule has 1 saturated carbocycles. The first kappa shape index (κ1) is 14.5. The van der Waals surface area contributed by atoms with Gasteiger partial charge in [-0.15, -0.1) is 0 Å². The number of nitrogens with two attached hydrogens (primary N) is 1. The van der Waals surface area contributed by atoms with Gasteiger partial charge in [0, 0.05) is 18.8 Å². The maximum Gasteiger partial charge on any atom is 0.0764 e. The molecule has 0 bridgehead atoms. The fraction of sp³-hybridized carbons (Fsp3) is 0.800. The monoisotopic (exact) mass is 264 g/mol. The zero-order valence-corrected chi connectivity index (χ0v) is 12.4. The quantitative estimate of drug-likeness (QED) is 0.859. The van der Waals surface area contributed by atoms with Gasteiger partial charge in [-0.05, 0) is 45.8 Å². The van der Waals surface area contributed by atoms with Crippen LogP contribution in [0.15, 0.2) is 12.3 Å². The molecule has 0 spiro atoms. The molecule has 108 valence electrons. The van der Waals surface area contributed by atoms with Crippen molar-refractivity contribution < 1.29 is 0 Å². The van der Waals surface area contributed by atoms with Crippen molar-refractivity contribution in [3.8, 4) is 0 Å². The lowest BCUT2D eigenvalue weighted by Gasteiger charge is -2.22. The second-order valence-corrected chi connectivity index (χ2v) is 6.08. The molecule has 1 aliphatic rings. The van der Waals surface area contributed by atoms with Gasteiger partial charge in [0.25, 0.3) is 0 Å². The van der Waals surface area contributed by atoms with Gasteiger partial charge in [0.15, 0.2) is 0 Å². The van der Waals surface area contributed by atoms with Crippen molar-refractivity contribution in [2.45, 2.75) is 64.1 Å². The van der Waals surface area contributed by atoms with Crippen LogP contribution < -0.4 is 5.73 Å². The van der Waals surface area contributed by atoms with E-state index in [1.165, 1.54) is 37.8 Å². The van der Waals surface area contributed by atoms with Crippen molar-refractivity contribution in [2.24, 2.45) is 5.73 Å². The van der Waals surface area contributed by atoms with E-state index in [9.17, 15) is 0 Å². The predicted octanol–water partition coefficient (Wildman–Crippen LogP) is 2.56. The van der Waals surface area contributed by atoms with Gasteiger partial charge < -0.3 is 10.6 Å². The maximum absolute atomic E-state index is 5.79. The van der Waals surface area contributed by atoms with E-state index >= 15 is 0 Å². The molecule has 1 atom stereocenters. The van der Waals surface area contributed by atoms with Crippen LogP contribution in [0.3, 0.4) is 0 Å². The third-order valence-corrected chi connectivity index (χ3v) is 4.01. The van der Waals surface area contributed by atoms with Crippen LogP contribution in [-0.2, 0) is 6.54 Å². The molecule has 1 heterocycles. The smallest absolute Gasteiger partial charge is 0.0764 e. The van der Waals surface area contributed by atoms with Crippen LogP contribution in [-0.4, -0.2) is 34.3 Å². The molecule has 4 nitrogen and oxygen atoms in total. The van der Waals surface area contributed by atoms with Gasteiger partial charge >= 0.3 is 0 Å². The van der Waals surface area contributed by atoms with E-state index in [0.29, 0.717) is 6.04 Å². The summed E-state index contributed by atoms with van der Waals surface area (Å²) in [5, 5.41) is 4.74. The SMILES string of the molecule is CC(N)CCN(C)Cc1ccn(C2CCCCC2)n1. The molecule has 0 aromatic carbocycles. The normalized spacial score (nSPS) is 18.9. The number of nitrogens with zero attached hydrogens (tertiary/aromatic N) is 3. The number of hydrogen-bond donors (Lipinski definition) is 1. The summed E-state index contributed by atoms with van der Waals surface area (Å²) < 4.78 is 2.19. The third kappa shape index (κ3) is 4.62. The minimum absolute atomic E-state index is 0.280. The van der Waals surface area contributed by atoms with E-state index in [4.69, 9.17) is 10.8 Å². The fourth-order valence-corrected chi connectivity index (χ4v) is 2.79. The van der Waals surface area contributed by atoms with E-state index in [1.807, 2.05) is 0 Å². The van der Waals surface area contributed by atoms with E-state index in [-0.39, 0.29) is 6.04 Å². The van der Waals surface area contributed by atoms with E-state index < -0.39 is 0 Å². The molecule has 0 saturated heterocycles. The molecule has 19 heavy (non-hydrogen) atoms. The Morgan fingerprint density at radius 2 is 2.16 bits per heavy atom. The summed E-state index contributed by atoms with van der Waals surface area (Å²) in [5.74, 6) is 0. The van der Waals surface area contributed by atoms with Crippen LogP contribution in [0, 0.1) is 0 Å². The van der Waals surface area contributed by atoms with E-state index in [1.54, 1.807) is 0 Å². The highest BCUT2D eigenvalue weighted by Crippen LogP contribution is 2.27. The molecule has 2 rings (SSSR count). The minimum atomic E-state index is 0.280. The van der Waals surface area contributed by atoms with E-state index in [0.717, 1.165) is 19.5 Å². The lowest BCUT2D eigenvalue weighted by molar-refractivity contribution is 0.300. The molecule has 1 aromatic rings. The van der Waals surface area contributed by atoms with Crippen LogP contribution in [0.1, 0.15) is 57.2 Å². The number of rotatable bonds is 6. The zero-order chi connectivity index (χ0) is 13.7. The Hall–Kier alpha value is -0.870. The number of hydrogen-bond acceptors (Lipinski definition) is 3. The summed E-state index contributed by atoms with van der Waals surface area (Å²) in [7, 11) is 2.14. The third-order valence-electron chi connectivity index (χ3n) is 4.01. The topological polar surface area (TPSA) is 47.1 Å². The Kier molecular flexibility index (Phi) is 5.40. The molecule has 0 aliphatic heterocycles. The van der Waals surface area contributed by atoms with E-state index in [2.05, 4.69) is 35.8 Å². The number of aromatic nitrogens is 2. The van der Waals surface area contributed by atoms with Crippen molar-refractivity contribution in [2.75, 3.05) is 13.6 Å². The zero-order valence-electron chi connectivity index (χ0n) is 12.4. The van der Waals surface area contributed by atoms with Gasteiger partial charge in [0.2, 0.25) is 0 Å². The molecule has 0 amide bonds. The van der Waals surface area contributed by atoms with Crippen molar-refractivity contribution in [1.29, 1.82) is 0 Å². The second-order valence-electron chi connectivity index (χ2n) is 6.08. The second kappa shape index (κ2) is 7.06. The van der Waals surface area contributed by atoms with Crippen LogP contribution in [0.2, 0.25) is 0 Å². The lowest BCUT2D eigenvalue weighted by Crippen LogP contribution is -2.26. The van der Waals surface area contributed by atoms with Crippen LogP contribution >= 0.6 is 0 Å². The lowest BCUT2D eigenvalue weighted by atomic mass is 9.96. The maximum atomic E-state index is 5.79. The summed E-state index contributed by atoms with van der Waals surface area (Å²) in [5.41, 5.74) is 6.97. The Balaban J connectivity index is 1.82. The minimum Gasteiger partial charge on any atom is -0.328 e. The van der Waals surface area contributed by atoms with Gasteiger partial charge in [-0.25, -0.2) is 0 Å². The molecular weight excluding hydrogens is 236 g/mol. The molecule has 0 radical (unpaired) electrons. The van der Waals surface area contributed by atoms with Gasteiger partial charge in [0.05, 0.1) is 11.7 Å². The van der Waals surface area contributed by atoms with Gasteiger partial charge in [-0.1, -0.05) is 19.3 Å². The average Bonchev–Trinajstić information content (AvgIpc) is 2.86. The average molecular weight is 264 g/mol. The first-order chi connectivity index (χ1) is 9.15. The highest BCUT2D eigenvalue weighted by molar-refractivity contribution is 5.00. The van der Waals surface area contributed by atoms with Gasteiger partial charge in [-0.3, -0.25) is 4.68 Å². The summed E-state index contributed by atoms with van der Waals surface area (Å²) >= 11 is 0. The summed E-state index contributed by atoms with van der Waals surface area (Å²) in [6, 6.07) is 3.08. The molecule has 1 aliphatic carbocycles. The first-order valence-electron chi connectivity index (χ1n) is 7.63. The largest absolute Gasteiger partial charge is 0.328 e. The molecular formula is C15H28N4. The van der Waals surface area contributed by atoms with Crippen molar-refractivity contribution in [3.05, 3.63) is 18.0 Å². The Bertz CT molecular complexity index is 366. The summed E-state index contributed by atoms with van der Waals surface area (Å²) in [4.78, 5) is 2.30. The standard InChI is InChI=1S/C15H28N4/c1-13(16)8-10-18(2)12-14-9-11-19(17-14)15-6-4-3-5-7-15/h9,11,13,15H,3-8,10,12,16H2,1-2H3. The molecule has 1 unspecified atom stereocenters.